The van der Waals surface area contributed by atoms with E-state index >= 15 is 4.79 Å². The summed E-state index contributed by atoms with van der Waals surface area (Å²) in [7, 11) is 0. The van der Waals surface area contributed by atoms with E-state index in [1.54, 1.807) is 0 Å². The SMILES string of the molecule is CC(=O)O[C@H]1[C@H](O[C@H]2CC[C@]3(C)[C@H]4CC=C5[C@@H]6[C@@H](C)[C@H](C)CC[C@]6(C(=O)O[C@@H]6O[C@H](CO[C@@H]7O[C@H](CO)[C@@H](O[C@@H]8OC[C@](O)(CO)[C@H]8O)[C@H](O)[C@H]7O)[C@@H](O)[C@H](O)[C@H]6O)CC[C@@]5(C)[C@]4(C)CC[C@H]3C2(C)C)OC[C@H](O)[C@@H]1O[C@@H]1O[C@H](CO)[C@@H](O)[C@H](O)[C@H]1O. The molecule has 498 valence electrons. The van der Waals surface area contributed by atoms with Gasteiger partial charge in [-0.15, -0.1) is 0 Å². The van der Waals surface area contributed by atoms with Crippen LogP contribution in [0.5, 0.6) is 0 Å². The van der Waals surface area contributed by atoms with Gasteiger partial charge in [-0.3, -0.25) is 9.59 Å². The Labute approximate surface area is 505 Å². The molecule has 10 rings (SSSR count). The van der Waals surface area contributed by atoms with Crippen LogP contribution < -0.4 is 0 Å². The van der Waals surface area contributed by atoms with Gasteiger partial charge in [0, 0.05) is 6.92 Å². The molecular formula is C60H96O27. The molecule has 14 N–H and O–H groups in total. The Morgan fingerprint density at radius 2 is 1.24 bits per heavy atom. The summed E-state index contributed by atoms with van der Waals surface area (Å²) < 4.78 is 65.0. The number of allylic oxidation sites excluding steroid dienone is 2. The Morgan fingerprint density at radius 1 is 0.609 bits per heavy atom. The molecule has 0 bridgehead atoms. The molecule has 27 heteroatoms. The third kappa shape index (κ3) is 11.4. The van der Waals surface area contributed by atoms with E-state index in [2.05, 4.69) is 54.5 Å². The van der Waals surface area contributed by atoms with Crippen molar-refractivity contribution < 1.29 is 133 Å². The maximum Gasteiger partial charge on any atom is 0.315 e. The van der Waals surface area contributed by atoms with E-state index in [9.17, 15) is 76.3 Å². The first-order valence-electron chi connectivity index (χ1n) is 31.1. The van der Waals surface area contributed by atoms with E-state index in [1.807, 2.05) is 0 Å². The molecule has 27 nitrogen and oxygen atoms in total. The van der Waals surface area contributed by atoms with Gasteiger partial charge < -0.3 is 124 Å². The summed E-state index contributed by atoms with van der Waals surface area (Å²) >= 11 is 0. The molecule has 0 aromatic carbocycles. The van der Waals surface area contributed by atoms with Gasteiger partial charge in [-0.05, 0) is 109 Å². The zero-order valence-electron chi connectivity index (χ0n) is 50.8. The van der Waals surface area contributed by atoms with Gasteiger partial charge in [-0.2, -0.15) is 0 Å². The number of carbonyl (C=O) groups excluding carboxylic acids is 2. The van der Waals surface area contributed by atoms with Crippen LogP contribution in [0.4, 0.5) is 0 Å². The lowest BCUT2D eigenvalue weighted by atomic mass is 9.33. The Balaban J connectivity index is 0.828. The molecule has 0 radical (unpaired) electrons. The van der Waals surface area contributed by atoms with E-state index in [1.165, 1.54) is 12.5 Å². The van der Waals surface area contributed by atoms with Gasteiger partial charge in [0.25, 0.3) is 0 Å². The average molecular weight is 1250 g/mol. The molecule has 0 amide bonds. The lowest BCUT2D eigenvalue weighted by molar-refractivity contribution is -0.357. The van der Waals surface area contributed by atoms with Gasteiger partial charge >= 0.3 is 11.9 Å². The largest absolute Gasteiger partial charge is 0.454 e. The number of fused-ring (bicyclic) bond motifs is 7. The molecule has 4 saturated carbocycles. The van der Waals surface area contributed by atoms with Crippen LogP contribution >= 0.6 is 0 Å². The highest BCUT2D eigenvalue weighted by atomic mass is 16.8. The van der Waals surface area contributed by atoms with E-state index in [0.29, 0.717) is 25.7 Å². The van der Waals surface area contributed by atoms with Crippen molar-refractivity contribution in [3.63, 3.8) is 0 Å². The number of rotatable bonds is 15. The molecule has 10 aliphatic rings. The average Bonchev–Trinajstić information content (AvgIpc) is 0.969. The molecule has 5 aliphatic heterocycles. The maximum absolute atomic E-state index is 15.3. The van der Waals surface area contributed by atoms with Crippen molar-refractivity contribution in [2.75, 3.05) is 39.6 Å². The molecular weight excluding hydrogens is 1150 g/mol. The predicted molar refractivity (Wildman–Crippen MR) is 293 cm³/mol. The minimum absolute atomic E-state index is 0.0206. The Kier molecular flexibility index (Phi) is 19.6. The highest BCUT2D eigenvalue weighted by Crippen LogP contribution is 2.76. The molecule has 87 heavy (non-hydrogen) atoms. The molecule has 9 fully saturated rings. The van der Waals surface area contributed by atoms with Crippen LogP contribution in [0.3, 0.4) is 0 Å². The van der Waals surface area contributed by atoms with E-state index in [4.69, 9.17) is 52.1 Å². The van der Waals surface area contributed by atoms with Crippen molar-refractivity contribution >= 4 is 11.9 Å². The highest BCUT2D eigenvalue weighted by molar-refractivity contribution is 5.79. The van der Waals surface area contributed by atoms with Crippen LogP contribution in [0, 0.1) is 56.7 Å². The third-order valence-corrected chi connectivity index (χ3v) is 23.5. The maximum atomic E-state index is 15.3. The topological polar surface area (TPSA) is 419 Å². The summed E-state index contributed by atoms with van der Waals surface area (Å²) in [6.45, 7) is 13.3. The summed E-state index contributed by atoms with van der Waals surface area (Å²) in [5.41, 5.74) is -3.22. The van der Waals surface area contributed by atoms with Gasteiger partial charge in [0.2, 0.25) is 6.29 Å². The number of hydrogen-bond donors (Lipinski definition) is 14. The number of esters is 2. The van der Waals surface area contributed by atoms with Crippen LogP contribution in [0.25, 0.3) is 0 Å². The molecule has 32 atom stereocenters. The zero-order chi connectivity index (χ0) is 63.4. The van der Waals surface area contributed by atoms with Crippen molar-refractivity contribution in [2.45, 2.75) is 254 Å². The first-order chi connectivity index (χ1) is 40.9. The van der Waals surface area contributed by atoms with Crippen LogP contribution in [0.2, 0.25) is 0 Å². The van der Waals surface area contributed by atoms with Crippen molar-refractivity contribution in [3.05, 3.63) is 11.6 Å². The fourth-order valence-electron chi connectivity index (χ4n) is 17.9. The van der Waals surface area contributed by atoms with Crippen molar-refractivity contribution in [3.8, 4) is 0 Å². The molecule has 0 spiro atoms. The summed E-state index contributed by atoms with van der Waals surface area (Å²) in [4.78, 5) is 28.0. The van der Waals surface area contributed by atoms with Crippen molar-refractivity contribution in [2.24, 2.45) is 56.7 Å². The van der Waals surface area contributed by atoms with Crippen LogP contribution in [-0.4, -0.2) is 264 Å². The molecule has 0 aromatic heterocycles. The predicted octanol–water partition coefficient (Wildman–Crippen LogP) is -2.50. The van der Waals surface area contributed by atoms with E-state index < -0.39 is 197 Å². The molecule has 0 unspecified atom stereocenters. The monoisotopic (exact) mass is 1250 g/mol. The van der Waals surface area contributed by atoms with Gasteiger partial charge in [-0.25, -0.2) is 0 Å². The Hall–Kier alpha value is -2.24. The van der Waals surface area contributed by atoms with E-state index in [-0.39, 0.29) is 52.4 Å². The summed E-state index contributed by atoms with van der Waals surface area (Å²) in [5.74, 6) is -1.03. The van der Waals surface area contributed by atoms with Crippen molar-refractivity contribution in [1.82, 2.24) is 0 Å². The smallest absolute Gasteiger partial charge is 0.315 e. The number of aliphatic hydroxyl groups excluding tert-OH is 13. The second-order valence-electron chi connectivity index (χ2n) is 28.4. The normalized spacial score (nSPS) is 53.2. The fourth-order valence-corrected chi connectivity index (χ4v) is 17.9. The second-order valence-corrected chi connectivity index (χ2v) is 28.4. The summed E-state index contributed by atoms with van der Waals surface area (Å²) in [6.07, 6.45) is -26.0. The lowest BCUT2D eigenvalue weighted by Crippen LogP contribution is -2.66. The van der Waals surface area contributed by atoms with Gasteiger partial charge in [0.05, 0.1) is 51.2 Å². The van der Waals surface area contributed by atoms with Gasteiger partial charge in [0.1, 0.15) is 97.2 Å². The molecule has 0 aromatic rings. The number of aliphatic hydroxyl groups is 14. The molecule has 5 heterocycles. The number of carbonyl (C=O) groups is 2. The summed E-state index contributed by atoms with van der Waals surface area (Å²) in [6, 6.07) is 0. The standard InChI is InChI=1S/C60H96O27/c1-25-11-16-59(54(75)87-51-43(72)40(69)38(67)32(83-51)22-78-49-44(73)41(70)46(31(20-62)82-49)86-53-48(74)60(76,23-63)24-79-53)18-17-57(7)28(36(59)26(25)2)9-10-34-56(6)14-13-35(55(4,5)33(56)12-15-58(34,57)8)84-52-47(80-27(3)64)45(29(65)21-77-52)85-50-42(71)39(68)37(66)30(19-61)81-50/h9,25-26,29-53,61-63,65-74,76H,10-24H2,1-8H3/t25-,26+,29+,30-,31-,32-,33+,34-,35+,36+,37-,38-,39+,40+,41-,42-,43-,44-,45+,46-,47-,48+,49-,50+,51+,52+,53+,56+,57-,58-,59+,60-/m1/s1. The lowest BCUT2D eigenvalue weighted by Gasteiger charge is -2.71. The summed E-state index contributed by atoms with van der Waals surface area (Å²) in [5, 5.41) is 150. The minimum atomic E-state index is -2.07. The molecule has 5 aliphatic carbocycles. The first kappa shape index (κ1) is 67.6. The first-order valence-corrected chi connectivity index (χ1v) is 31.1. The van der Waals surface area contributed by atoms with Crippen LogP contribution in [0.1, 0.15) is 113 Å². The van der Waals surface area contributed by atoms with Crippen molar-refractivity contribution in [1.29, 1.82) is 0 Å². The Bertz CT molecular complexity index is 2450. The quantitative estimate of drug-likeness (QED) is 0.0458. The number of hydrogen-bond acceptors (Lipinski definition) is 27. The van der Waals surface area contributed by atoms with Crippen LogP contribution in [-0.2, 0) is 61.7 Å². The fraction of sp³-hybridized carbons (Fsp3) is 0.933. The van der Waals surface area contributed by atoms with Gasteiger partial charge in [0.15, 0.2) is 31.3 Å². The zero-order valence-corrected chi connectivity index (χ0v) is 50.8. The Morgan fingerprint density at radius 3 is 1.90 bits per heavy atom. The number of ether oxygens (including phenoxy) is 11. The highest BCUT2D eigenvalue weighted by Gasteiger charge is 2.71. The van der Waals surface area contributed by atoms with Crippen LogP contribution in [0.15, 0.2) is 11.6 Å². The van der Waals surface area contributed by atoms with Gasteiger partial charge in [-0.1, -0.05) is 60.1 Å². The second kappa shape index (κ2) is 25.2. The molecule has 5 saturated heterocycles. The third-order valence-electron chi connectivity index (χ3n) is 23.5. The van der Waals surface area contributed by atoms with E-state index in [0.717, 1.165) is 32.1 Å². The minimum Gasteiger partial charge on any atom is -0.454 e.